The van der Waals surface area contributed by atoms with E-state index >= 15 is 0 Å². The van der Waals surface area contributed by atoms with Crippen LogP contribution in [0.2, 0.25) is 5.02 Å². The normalized spacial score (nSPS) is 14.2. The van der Waals surface area contributed by atoms with Gasteiger partial charge in [-0.15, -0.1) is 0 Å². The molecule has 44 heavy (non-hydrogen) atoms. The summed E-state index contributed by atoms with van der Waals surface area (Å²) in [6, 6.07) is 32.6. The zero-order chi connectivity index (χ0) is 30.6. The van der Waals surface area contributed by atoms with Crippen LogP contribution in [0.4, 0.5) is 10.5 Å². The topological polar surface area (TPSA) is 84.9 Å². The molecular weight excluding hydrogens is 576 g/mol. The molecule has 1 N–H and O–H groups in total. The molecule has 1 heterocycles. The van der Waals surface area contributed by atoms with E-state index in [1.54, 1.807) is 42.5 Å². The van der Waals surface area contributed by atoms with Crippen molar-refractivity contribution in [2.45, 2.75) is 20.1 Å². The molecule has 5 aromatic carbocycles. The molecule has 0 aliphatic carbocycles. The van der Waals surface area contributed by atoms with E-state index in [1.165, 1.54) is 6.08 Å². The van der Waals surface area contributed by atoms with Crippen molar-refractivity contribution in [3.05, 3.63) is 142 Å². The fourth-order valence-electron chi connectivity index (χ4n) is 5.00. The highest BCUT2D eigenvalue weighted by atomic mass is 35.5. The molecule has 0 aromatic heterocycles. The third-order valence-electron chi connectivity index (χ3n) is 7.36. The molecule has 0 bridgehead atoms. The van der Waals surface area contributed by atoms with Gasteiger partial charge in [0.05, 0.1) is 10.7 Å². The van der Waals surface area contributed by atoms with Gasteiger partial charge in [-0.1, -0.05) is 84.4 Å². The lowest BCUT2D eigenvalue weighted by molar-refractivity contribution is -0.122. The number of hydrogen-bond donors (Lipinski definition) is 1. The van der Waals surface area contributed by atoms with Gasteiger partial charge in [0.25, 0.3) is 11.8 Å². The quantitative estimate of drug-likeness (QED) is 0.146. The number of anilines is 1. The molecule has 6 rings (SSSR count). The van der Waals surface area contributed by atoms with E-state index in [4.69, 9.17) is 21.1 Å². The lowest BCUT2D eigenvalue weighted by Gasteiger charge is -2.26. The summed E-state index contributed by atoms with van der Waals surface area (Å²) < 4.78 is 11.9. The van der Waals surface area contributed by atoms with Crippen molar-refractivity contribution in [3.63, 3.8) is 0 Å². The smallest absolute Gasteiger partial charge is 0.335 e. The Bertz CT molecular complexity index is 1920. The number of amides is 4. The van der Waals surface area contributed by atoms with Crippen molar-refractivity contribution >= 4 is 52.0 Å². The number of nitrogens with zero attached hydrogens (tertiary/aromatic N) is 1. The van der Waals surface area contributed by atoms with Gasteiger partial charge in [-0.2, -0.15) is 0 Å². The summed E-state index contributed by atoms with van der Waals surface area (Å²) in [6.07, 6.45) is 1.40. The molecule has 1 fully saturated rings. The molecule has 1 aliphatic rings. The monoisotopic (exact) mass is 602 g/mol. The number of nitrogens with one attached hydrogen (secondary N) is 1. The third kappa shape index (κ3) is 6.04. The summed E-state index contributed by atoms with van der Waals surface area (Å²) in [5.74, 6) is -0.504. The highest BCUT2D eigenvalue weighted by molar-refractivity contribution is 6.39. The first kappa shape index (κ1) is 28.7. The van der Waals surface area contributed by atoms with Crippen LogP contribution >= 0.6 is 11.6 Å². The number of aryl methyl sites for hydroxylation is 1. The molecule has 7 nitrogen and oxygen atoms in total. The Morgan fingerprint density at radius 1 is 0.795 bits per heavy atom. The number of barbiturate groups is 1. The Kier molecular flexibility index (Phi) is 8.12. The van der Waals surface area contributed by atoms with Crippen molar-refractivity contribution < 1.29 is 23.9 Å². The van der Waals surface area contributed by atoms with Gasteiger partial charge in [0.15, 0.2) is 0 Å². The fraction of sp³-hybridized carbons (Fsp3) is 0.0833. The van der Waals surface area contributed by atoms with Crippen molar-refractivity contribution in [1.82, 2.24) is 5.32 Å². The number of urea groups is 1. The Hall–Kier alpha value is -5.40. The van der Waals surface area contributed by atoms with Crippen molar-refractivity contribution in [1.29, 1.82) is 0 Å². The summed E-state index contributed by atoms with van der Waals surface area (Å²) in [5, 5.41) is 4.80. The summed E-state index contributed by atoms with van der Waals surface area (Å²) in [7, 11) is 0. The average Bonchev–Trinajstić information content (AvgIpc) is 3.03. The van der Waals surface area contributed by atoms with E-state index in [2.05, 4.69) is 29.6 Å². The average molecular weight is 603 g/mol. The number of hydrogen-bond acceptors (Lipinski definition) is 5. The Labute approximate surface area is 259 Å². The number of halogens is 1. The Balaban J connectivity index is 1.17. The van der Waals surface area contributed by atoms with E-state index in [0.29, 0.717) is 41.0 Å². The number of rotatable bonds is 8. The minimum atomic E-state index is -0.833. The SMILES string of the molecule is Cc1ccc2ccccc2c1COc1ccc(/C=C2\C(=O)NC(=O)N(c3ccc(OCc4ccccc4)cc3)C2=O)cc1Cl. The summed E-state index contributed by atoms with van der Waals surface area (Å²) in [4.78, 5) is 39.7. The molecule has 5 aromatic rings. The molecule has 8 heteroatoms. The second kappa shape index (κ2) is 12.5. The maximum Gasteiger partial charge on any atom is 0.335 e. The zero-order valence-electron chi connectivity index (χ0n) is 23.8. The predicted molar refractivity (Wildman–Crippen MR) is 171 cm³/mol. The van der Waals surface area contributed by atoms with Gasteiger partial charge in [0.2, 0.25) is 0 Å². The van der Waals surface area contributed by atoms with Crippen molar-refractivity contribution in [2.75, 3.05) is 4.90 Å². The van der Waals surface area contributed by atoms with Crippen molar-refractivity contribution in [2.24, 2.45) is 0 Å². The van der Waals surface area contributed by atoms with E-state index in [9.17, 15) is 14.4 Å². The first-order chi connectivity index (χ1) is 21.4. The minimum absolute atomic E-state index is 0.204. The van der Waals surface area contributed by atoms with Gasteiger partial charge in [0.1, 0.15) is 30.3 Å². The number of benzene rings is 5. The van der Waals surface area contributed by atoms with Gasteiger partial charge in [0, 0.05) is 5.56 Å². The molecule has 0 atom stereocenters. The predicted octanol–water partition coefficient (Wildman–Crippen LogP) is 7.63. The Morgan fingerprint density at radius 2 is 1.55 bits per heavy atom. The lowest BCUT2D eigenvalue weighted by Crippen LogP contribution is -2.54. The molecular formula is C36H27ClN2O5. The first-order valence-electron chi connectivity index (χ1n) is 14.0. The summed E-state index contributed by atoms with van der Waals surface area (Å²) in [5.41, 5.74) is 3.77. The molecule has 218 valence electrons. The molecule has 0 unspecified atom stereocenters. The first-order valence-corrected chi connectivity index (χ1v) is 14.3. The molecule has 0 saturated carbocycles. The number of carbonyl (C=O) groups excluding carboxylic acids is 3. The van der Waals surface area contributed by atoms with Crippen LogP contribution in [-0.4, -0.2) is 17.8 Å². The van der Waals surface area contributed by atoms with Gasteiger partial charge >= 0.3 is 6.03 Å². The standard InChI is InChI=1S/C36H27ClN2O5/c1-23-11-13-26-9-5-6-10-29(26)31(23)22-44-33-18-12-25(20-32(33)37)19-30-34(40)38-36(42)39(35(30)41)27-14-16-28(17-15-27)43-21-24-7-3-2-4-8-24/h2-20H,21-22H2,1H3,(H,38,40,42)/b30-19+. The molecule has 1 aliphatic heterocycles. The second-order valence-electron chi connectivity index (χ2n) is 10.3. The lowest BCUT2D eigenvalue weighted by atomic mass is 10.0. The van der Waals surface area contributed by atoms with Gasteiger partial charge in [-0.05, 0) is 76.9 Å². The summed E-state index contributed by atoms with van der Waals surface area (Å²) >= 11 is 6.56. The van der Waals surface area contributed by atoms with Crippen LogP contribution in [-0.2, 0) is 22.8 Å². The van der Waals surface area contributed by atoms with Gasteiger partial charge in [-0.25, -0.2) is 9.69 Å². The molecule has 1 saturated heterocycles. The van der Waals surface area contributed by atoms with Crippen LogP contribution in [0.3, 0.4) is 0 Å². The van der Waals surface area contributed by atoms with Crippen LogP contribution in [0, 0.1) is 6.92 Å². The van der Waals surface area contributed by atoms with Crippen LogP contribution in [0.25, 0.3) is 16.8 Å². The van der Waals surface area contributed by atoms with Crippen LogP contribution < -0.4 is 19.7 Å². The van der Waals surface area contributed by atoms with Crippen LogP contribution in [0.15, 0.2) is 115 Å². The number of fused-ring (bicyclic) bond motifs is 1. The van der Waals surface area contributed by atoms with E-state index < -0.39 is 17.8 Å². The largest absolute Gasteiger partial charge is 0.489 e. The van der Waals surface area contributed by atoms with Gasteiger partial charge < -0.3 is 9.47 Å². The number of imide groups is 2. The molecule has 0 spiro atoms. The Morgan fingerprint density at radius 3 is 2.32 bits per heavy atom. The van der Waals surface area contributed by atoms with E-state index in [-0.39, 0.29) is 5.57 Å². The van der Waals surface area contributed by atoms with E-state index in [1.807, 2.05) is 49.4 Å². The highest BCUT2D eigenvalue weighted by Gasteiger charge is 2.36. The third-order valence-corrected chi connectivity index (χ3v) is 7.65. The van der Waals surface area contributed by atoms with Crippen molar-refractivity contribution in [3.8, 4) is 11.5 Å². The van der Waals surface area contributed by atoms with E-state index in [0.717, 1.165) is 32.4 Å². The fourth-order valence-corrected chi connectivity index (χ4v) is 5.24. The number of ether oxygens (including phenoxy) is 2. The minimum Gasteiger partial charge on any atom is -0.489 e. The molecule has 0 radical (unpaired) electrons. The second-order valence-corrected chi connectivity index (χ2v) is 10.7. The molecule has 4 amide bonds. The highest BCUT2D eigenvalue weighted by Crippen LogP contribution is 2.30. The zero-order valence-corrected chi connectivity index (χ0v) is 24.5. The van der Waals surface area contributed by atoms with Gasteiger partial charge in [-0.3, -0.25) is 14.9 Å². The maximum absolute atomic E-state index is 13.4. The maximum atomic E-state index is 13.4. The number of carbonyl (C=O) groups is 3. The summed E-state index contributed by atoms with van der Waals surface area (Å²) in [6.45, 7) is 2.73. The van der Waals surface area contributed by atoms with Crippen LogP contribution in [0.5, 0.6) is 11.5 Å². The van der Waals surface area contributed by atoms with Crippen LogP contribution in [0.1, 0.15) is 22.3 Å².